The van der Waals surface area contributed by atoms with Crippen LogP contribution in [0.15, 0.2) is 17.0 Å². The molecule has 1 aromatic carbocycles. The number of hydrogen-bond donors (Lipinski definition) is 1. The highest BCUT2D eigenvalue weighted by Gasteiger charge is 2.31. The Kier molecular flexibility index (Phi) is 10.8. The molecule has 1 saturated heterocycles. The van der Waals surface area contributed by atoms with E-state index in [1.54, 1.807) is 37.9 Å². The second kappa shape index (κ2) is 13.4. The second-order valence-electron chi connectivity index (χ2n) is 11.5. The van der Waals surface area contributed by atoms with Gasteiger partial charge in [-0.15, -0.1) is 0 Å². The zero-order valence-corrected chi connectivity index (χ0v) is 25.5. The first-order valence-electron chi connectivity index (χ1n) is 13.9. The van der Waals surface area contributed by atoms with E-state index in [0.717, 1.165) is 49.6 Å². The molecular formula is C28H47N5O5S. The fourth-order valence-electron chi connectivity index (χ4n) is 5.92. The predicted octanol–water partition coefficient (Wildman–Crippen LogP) is 1.70. The number of likely N-dealkylation sites (N-methyl/N-ethyl adjacent to an activating group) is 3. The zero-order valence-electron chi connectivity index (χ0n) is 24.7. The number of likely N-dealkylation sites (tertiary alicyclic amines) is 1. The van der Waals surface area contributed by atoms with Gasteiger partial charge in [0.05, 0.1) is 25.1 Å². The number of nitrogens with one attached hydrogen (secondary N) is 1. The van der Waals surface area contributed by atoms with E-state index in [0.29, 0.717) is 28.8 Å². The summed E-state index contributed by atoms with van der Waals surface area (Å²) in [7, 11) is 5.10. The number of methoxy groups -OCH3 is 1. The van der Waals surface area contributed by atoms with Crippen LogP contribution < -0.4 is 10.1 Å². The summed E-state index contributed by atoms with van der Waals surface area (Å²) in [4.78, 5) is 32.2. The van der Waals surface area contributed by atoms with Crippen molar-refractivity contribution in [3.63, 3.8) is 0 Å². The third-order valence-corrected chi connectivity index (χ3v) is 10.5. The Balaban J connectivity index is 1.44. The van der Waals surface area contributed by atoms with Crippen molar-refractivity contribution in [2.24, 2.45) is 5.92 Å². The molecule has 1 saturated carbocycles. The van der Waals surface area contributed by atoms with Gasteiger partial charge in [-0.3, -0.25) is 9.59 Å². The van der Waals surface area contributed by atoms with Gasteiger partial charge in [0, 0.05) is 39.3 Å². The van der Waals surface area contributed by atoms with Crippen LogP contribution in [0, 0.1) is 19.8 Å². The number of ether oxygens (including phenoxy) is 1. The molecule has 3 rings (SSSR count). The van der Waals surface area contributed by atoms with Gasteiger partial charge in [-0.1, -0.05) is 0 Å². The van der Waals surface area contributed by atoms with Crippen molar-refractivity contribution < 1.29 is 22.7 Å². The molecule has 0 spiro atoms. The normalized spacial score (nSPS) is 22.3. The van der Waals surface area contributed by atoms with Crippen molar-refractivity contribution in [2.75, 3.05) is 68.0 Å². The fourth-order valence-corrected chi connectivity index (χ4v) is 7.45. The lowest BCUT2D eigenvalue weighted by atomic mass is 9.85. The van der Waals surface area contributed by atoms with Crippen LogP contribution >= 0.6 is 0 Å². The average molecular weight is 566 g/mol. The Hall–Kier alpha value is -2.21. The first kappa shape index (κ1) is 31.3. The monoisotopic (exact) mass is 565 g/mol. The maximum atomic E-state index is 13.2. The summed E-state index contributed by atoms with van der Waals surface area (Å²) in [5, 5.41) is 2.61. The molecule has 1 aromatic rings. The van der Waals surface area contributed by atoms with Gasteiger partial charge in [0.1, 0.15) is 5.75 Å². The molecule has 10 nitrogen and oxygen atoms in total. The van der Waals surface area contributed by atoms with Crippen LogP contribution in [0.5, 0.6) is 5.75 Å². The lowest BCUT2D eigenvalue weighted by Crippen LogP contribution is -2.47. The quantitative estimate of drug-likeness (QED) is 0.436. The molecule has 2 aliphatic rings. The Morgan fingerprint density at radius 1 is 1.00 bits per heavy atom. The summed E-state index contributed by atoms with van der Waals surface area (Å²) in [5.74, 6) is 0.565. The van der Waals surface area contributed by atoms with Gasteiger partial charge < -0.3 is 24.8 Å². The van der Waals surface area contributed by atoms with E-state index in [4.69, 9.17) is 4.74 Å². The van der Waals surface area contributed by atoms with E-state index in [-0.39, 0.29) is 29.9 Å². The summed E-state index contributed by atoms with van der Waals surface area (Å²) in [6.07, 6.45) is 5.36. The van der Waals surface area contributed by atoms with Crippen LogP contribution in [-0.4, -0.2) is 119 Å². The Bertz CT molecular complexity index is 1090. The largest absolute Gasteiger partial charge is 0.497 e. The molecule has 0 bridgehead atoms. The van der Waals surface area contributed by atoms with Gasteiger partial charge in [-0.2, -0.15) is 4.31 Å². The lowest BCUT2D eigenvalue weighted by Gasteiger charge is -2.36. The highest BCUT2D eigenvalue weighted by molar-refractivity contribution is 7.89. The summed E-state index contributed by atoms with van der Waals surface area (Å²) >= 11 is 0. The average Bonchev–Trinajstić information content (AvgIpc) is 3.35. The topological polar surface area (TPSA) is 102 Å². The van der Waals surface area contributed by atoms with Gasteiger partial charge >= 0.3 is 0 Å². The Morgan fingerprint density at radius 3 is 2.15 bits per heavy atom. The first-order valence-corrected chi connectivity index (χ1v) is 15.3. The fraction of sp³-hybridized carbons (Fsp3) is 0.714. The second-order valence-corrected chi connectivity index (χ2v) is 13.5. The van der Waals surface area contributed by atoms with Crippen molar-refractivity contribution in [1.29, 1.82) is 0 Å². The molecule has 220 valence electrons. The van der Waals surface area contributed by atoms with Crippen LogP contribution in [0.1, 0.15) is 43.2 Å². The SMILES string of the molecule is COc1cc(C)c(S(=O)(=O)N(C)CC(=O)NCC(=O)N(C)C2CCC(CN3CCC(N(C)C)C3)CC2)c(C)c1. The third-order valence-electron chi connectivity index (χ3n) is 8.39. The molecule has 11 heteroatoms. The molecule has 2 fully saturated rings. The van der Waals surface area contributed by atoms with Gasteiger partial charge in [0.2, 0.25) is 21.8 Å². The summed E-state index contributed by atoms with van der Waals surface area (Å²) < 4.78 is 32.6. The van der Waals surface area contributed by atoms with E-state index in [1.165, 1.54) is 20.6 Å². The molecule has 1 aliphatic carbocycles. The van der Waals surface area contributed by atoms with Gasteiger partial charge in [0.15, 0.2) is 0 Å². The van der Waals surface area contributed by atoms with E-state index < -0.39 is 15.9 Å². The molecule has 1 aliphatic heterocycles. The highest BCUT2D eigenvalue weighted by Crippen LogP contribution is 2.29. The van der Waals surface area contributed by atoms with E-state index in [2.05, 4.69) is 29.2 Å². The molecule has 1 heterocycles. The number of aryl methyl sites for hydroxylation is 2. The zero-order chi connectivity index (χ0) is 28.9. The third kappa shape index (κ3) is 7.93. The minimum absolute atomic E-state index is 0.149. The predicted molar refractivity (Wildman–Crippen MR) is 152 cm³/mol. The summed E-state index contributed by atoms with van der Waals surface area (Å²) in [6.45, 7) is 6.31. The van der Waals surface area contributed by atoms with Crippen LogP contribution in [0.2, 0.25) is 0 Å². The van der Waals surface area contributed by atoms with Crippen LogP contribution in [-0.2, 0) is 19.6 Å². The van der Waals surface area contributed by atoms with Crippen LogP contribution in [0.4, 0.5) is 0 Å². The standard InChI is InChI=1S/C28H47N5O5S/c1-20-14-25(38-7)15-21(2)28(20)39(36,37)31(5)19-26(34)29-16-27(35)32(6)23-10-8-22(9-11-23)17-33-13-12-24(18-33)30(3)4/h14-15,22-24H,8-13,16-19H2,1-7H3,(H,29,34). The van der Waals surface area contributed by atoms with Gasteiger partial charge in [-0.25, -0.2) is 8.42 Å². The molecule has 39 heavy (non-hydrogen) atoms. The summed E-state index contributed by atoms with van der Waals surface area (Å²) in [6, 6.07) is 4.13. The van der Waals surface area contributed by atoms with E-state index >= 15 is 0 Å². The number of sulfonamides is 1. The number of carbonyl (C=O) groups is 2. The maximum Gasteiger partial charge on any atom is 0.243 e. The molecule has 0 radical (unpaired) electrons. The minimum Gasteiger partial charge on any atom is -0.497 e. The smallest absolute Gasteiger partial charge is 0.243 e. The van der Waals surface area contributed by atoms with Crippen molar-refractivity contribution in [2.45, 2.75) is 62.9 Å². The molecule has 1 unspecified atom stereocenters. The first-order chi connectivity index (χ1) is 18.3. The van der Waals surface area contributed by atoms with Crippen molar-refractivity contribution >= 4 is 21.8 Å². The molecule has 0 aromatic heterocycles. The van der Waals surface area contributed by atoms with Crippen LogP contribution in [0.3, 0.4) is 0 Å². The number of hydrogen-bond acceptors (Lipinski definition) is 7. The van der Waals surface area contributed by atoms with Gasteiger partial charge in [0.25, 0.3) is 0 Å². The Morgan fingerprint density at radius 2 is 1.62 bits per heavy atom. The lowest BCUT2D eigenvalue weighted by molar-refractivity contribution is -0.134. The van der Waals surface area contributed by atoms with Crippen molar-refractivity contribution in [3.05, 3.63) is 23.3 Å². The molecule has 1 N–H and O–H groups in total. The van der Waals surface area contributed by atoms with E-state index in [9.17, 15) is 18.0 Å². The number of benzene rings is 1. The number of rotatable bonds is 11. The number of nitrogens with zero attached hydrogens (tertiary/aromatic N) is 4. The Labute approximate surface area is 234 Å². The summed E-state index contributed by atoms with van der Waals surface area (Å²) in [5.41, 5.74) is 1.09. The van der Waals surface area contributed by atoms with Gasteiger partial charge in [-0.05, 0) is 95.8 Å². The molecular weight excluding hydrogens is 518 g/mol. The molecule has 2 amide bonds. The minimum atomic E-state index is -3.90. The molecule has 1 atom stereocenters. The van der Waals surface area contributed by atoms with Crippen molar-refractivity contribution in [3.8, 4) is 5.75 Å². The van der Waals surface area contributed by atoms with Crippen molar-refractivity contribution in [1.82, 2.24) is 24.3 Å². The van der Waals surface area contributed by atoms with E-state index in [1.807, 2.05) is 0 Å². The highest BCUT2D eigenvalue weighted by atomic mass is 32.2. The maximum absolute atomic E-state index is 13.2. The number of carbonyl (C=O) groups excluding carboxylic acids is 2. The van der Waals surface area contributed by atoms with Crippen LogP contribution in [0.25, 0.3) is 0 Å². The number of amides is 2.